The summed E-state index contributed by atoms with van der Waals surface area (Å²) in [6, 6.07) is 35.9. The summed E-state index contributed by atoms with van der Waals surface area (Å²) in [7, 11) is 0. The van der Waals surface area contributed by atoms with Gasteiger partial charge in [0.05, 0.1) is 11.0 Å². The molecule has 4 heterocycles. The molecule has 54 heavy (non-hydrogen) atoms. The summed E-state index contributed by atoms with van der Waals surface area (Å²) >= 11 is 0. The van der Waals surface area contributed by atoms with Gasteiger partial charge in [-0.25, -0.2) is 0 Å². The summed E-state index contributed by atoms with van der Waals surface area (Å²) in [5, 5.41) is 26.4. The monoisotopic (exact) mass is 700 g/mol. The predicted octanol–water partition coefficient (Wildman–Crippen LogP) is 11.9. The Morgan fingerprint density at radius 1 is 0.352 bits per heavy atom. The van der Waals surface area contributed by atoms with Crippen LogP contribution in [0.1, 0.15) is 44.5 Å². The van der Waals surface area contributed by atoms with E-state index in [0.717, 1.165) is 67.0 Å². The van der Waals surface area contributed by atoms with E-state index in [1.54, 1.807) is 0 Å². The zero-order valence-corrected chi connectivity index (χ0v) is 31.9. The molecule has 0 spiro atoms. The van der Waals surface area contributed by atoms with Crippen LogP contribution >= 0.6 is 0 Å². The van der Waals surface area contributed by atoms with Gasteiger partial charge in [0.1, 0.15) is 0 Å². The molecule has 6 heteroatoms. The molecule has 0 saturated carbocycles. The van der Waals surface area contributed by atoms with Crippen molar-refractivity contribution in [2.45, 2.75) is 55.4 Å². The Balaban J connectivity index is 1.27. The second-order valence-corrected chi connectivity index (χ2v) is 15.5. The van der Waals surface area contributed by atoms with Crippen molar-refractivity contribution in [3.8, 4) is 33.9 Å². The first-order chi connectivity index (χ1) is 26.0. The minimum Gasteiger partial charge on any atom is -0.274 e. The molecule has 6 aromatic carbocycles. The van der Waals surface area contributed by atoms with E-state index in [1.807, 2.05) is 0 Å². The summed E-state index contributed by atoms with van der Waals surface area (Å²) in [5.74, 6) is 1.73. The van der Waals surface area contributed by atoms with Crippen molar-refractivity contribution in [3.05, 3.63) is 142 Å². The summed E-state index contributed by atoms with van der Waals surface area (Å²) in [6.45, 7) is 17.3. The number of aromatic nitrogens is 6. The molecule has 0 amide bonds. The van der Waals surface area contributed by atoms with E-state index in [2.05, 4.69) is 161 Å². The molecule has 0 bridgehead atoms. The zero-order chi connectivity index (χ0) is 37.2. The Hall–Kier alpha value is -6.40. The van der Waals surface area contributed by atoms with Crippen molar-refractivity contribution in [2.75, 3.05) is 0 Å². The second-order valence-electron chi connectivity index (χ2n) is 15.5. The lowest BCUT2D eigenvalue weighted by molar-refractivity contribution is 1.11. The minimum absolute atomic E-state index is 0.864. The average molecular weight is 701 g/mol. The smallest absolute Gasteiger partial charge is 0.169 e. The number of nitrogens with zero attached hydrogens (tertiary/aromatic N) is 6. The number of hydrogen-bond acceptors (Lipinski definition) is 4. The third kappa shape index (κ3) is 4.65. The molecule has 0 fully saturated rings. The van der Waals surface area contributed by atoms with Crippen LogP contribution in [0.3, 0.4) is 0 Å². The summed E-state index contributed by atoms with van der Waals surface area (Å²) in [5.41, 5.74) is 18.1. The van der Waals surface area contributed by atoms with Crippen LogP contribution in [0.4, 0.5) is 0 Å². The highest BCUT2D eigenvalue weighted by Crippen LogP contribution is 2.40. The molecule has 0 atom stereocenters. The molecule has 0 aliphatic rings. The number of aryl methyl sites for hydroxylation is 8. The standard InChI is InChI=1S/C48H40N6/c1-25-9-13-35(29(5)17-25)45-49-51-47-43-31(7)19-27(3)21-39(43)37-23-33(11-15-41(37)53(45)47)34-12-16-42-38(24-34)40-22-28(4)20-32(8)44(40)48-52-50-46(54(42)48)36-14-10-26(2)18-30(36)6/h9-24H,1-8H3. The Labute approximate surface area is 313 Å². The van der Waals surface area contributed by atoms with Crippen LogP contribution in [-0.4, -0.2) is 29.2 Å². The maximum atomic E-state index is 4.84. The topological polar surface area (TPSA) is 60.4 Å². The van der Waals surface area contributed by atoms with Crippen molar-refractivity contribution in [1.82, 2.24) is 29.2 Å². The SMILES string of the molecule is Cc1ccc(-c2nnc3c4c(C)cc(C)cc4c4cc(-c5ccc6c(c5)c5cc(C)cc(C)c5c5nnc(-c7ccc(C)cc7C)n65)ccc4n23)c(C)c1. The van der Waals surface area contributed by atoms with Gasteiger partial charge in [-0.1, -0.05) is 95.1 Å². The van der Waals surface area contributed by atoms with Gasteiger partial charge in [0.15, 0.2) is 22.9 Å². The lowest BCUT2D eigenvalue weighted by atomic mass is 9.94. The molecule has 0 saturated heterocycles. The van der Waals surface area contributed by atoms with Crippen molar-refractivity contribution < 1.29 is 0 Å². The third-order valence-electron chi connectivity index (χ3n) is 11.4. The molecular formula is C48H40N6. The summed E-state index contributed by atoms with van der Waals surface area (Å²) in [4.78, 5) is 0. The van der Waals surface area contributed by atoms with Gasteiger partial charge in [-0.05, 0) is 124 Å². The third-order valence-corrected chi connectivity index (χ3v) is 11.4. The molecular weight excluding hydrogens is 661 g/mol. The second kappa shape index (κ2) is 11.5. The zero-order valence-electron chi connectivity index (χ0n) is 31.9. The van der Waals surface area contributed by atoms with E-state index < -0.39 is 0 Å². The number of hydrogen-bond donors (Lipinski definition) is 0. The molecule has 6 nitrogen and oxygen atoms in total. The van der Waals surface area contributed by atoms with Crippen LogP contribution in [0.5, 0.6) is 0 Å². The van der Waals surface area contributed by atoms with Gasteiger partial charge in [0.2, 0.25) is 0 Å². The number of pyridine rings is 2. The van der Waals surface area contributed by atoms with E-state index in [-0.39, 0.29) is 0 Å². The summed E-state index contributed by atoms with van der Waals surface area (Å²) in [6.07, 6.45) is 0. The fourth-order valence-electron chi connectivity index (χ4n) is 9.03. The minimum atomic E-state index is 0.864. The first-order valence-corrected chi connectivity index (χ1v) is 18.6. The molecule has 10 aromatic rings. The molecule has 262 valence electrons. The van der Waals surface area contributed by atoms with Gasteiger partial charge in [-0.15, -0.1) is 20.4 Å². The first-order valence-electron chi connectivity index (χ1n) is 18.6. The maximum absolute atomic E-state index is 4.84. The quantitative estimate of drug-likeness (QED) is 0.172. The number of rotatable bonds is 3. The Kier molecular flexibility index (Phi) is 6.90. The van der Waals surface area contributed by atoms with Crippen molar-refractivity contribution >= 4 is 54.6 Å². The van der Waals surface area contributed by atoms with Crippen molar-refractivity contribution in [2.24, 2.45) is 0 Å². The highest BCUT2D eigenvalue weighted by molar-refractivity contribution is 6.16. The molecule has 0 N–H and O–H groups in total. The van der Waals surface area contributed by atoms with Crippen molar-refractivity contribution in [1.29, 1.82) is 0 Å². The van der Waals surface area contributed by atoms with E-state index in [0.29, 0.717) is 0 Å². The Morgan fingerprint density at radius 2 is 0.759 bits per heavy atom. The first kappa shape index (κ1) is 32.3. The van der Waals surface area contributed by atoms with E-state index in [9.17, 15) is 0 Å². The van der Waals surface area contributed by atoms with Crippen LogP contribution < -0.4 is 0 Å². The van der Waals surface area contributed by atoms with Crippen LogP contribution in [0.15, 0.2) is 97.1 Å². The molecule has 0 aliphatic heterocycles. The number of benzene rings is 6. The highest BCUT2D eigenvalue weighted by atomic mass is 15.3. The van der Waals surface area contributed by atoms with Crippen LogP contribution in [0.25, 0.3) is 88.5 Å². The van der Waals surface area contributed by atoms with Gasteiger partial charge < -0.3 is 0 Å². The van der Waals surface area contributed by atoms with E-state index in [1.165, 1.54) is 66.1 Å². The van der Waals surface area contributed by atoms with Gasteiger partial charge >= 0.3 is 0 Å². The molecule has 0 aliphatic carbocycles. The lowest BCUT2D eigenvalue weighted by Crippen LogP contribution is -1.98. The van der Waals surface area contributed by atoms with E-state index in [4.69, 9.17) is 20.4 Å². The van der Waals surface area contributed by atoms with Crippen LogP contribution in [-0.2, 0) is 0 Å². The largest absolute Gasteiger partial charge is 0.274 e. The fourth-order valence-corrected chi connectivity index (χ4v) is 9.03. The number of fused-ring (bicyclic) bond motifs is 12. The lowest BCUT2D eigenvalue weighted by Gasteiger charge is -2.16. The molecule has 4 aromatic heterocycles. The predicted molar refractivity (Wildman–Crippen MR) is 224 cm³/mol. The van der Waals surface area contributed by atoms with Crippen LogP contribution in [0, 0.1) is 55.4 Å². The van der Waals surface area contributed by atoms with Crippen LogP contribution in [0.2, 0.25) is 0 Å². The highest BCUT2D eigenvalue weighted by Gasteiger charge is 2.21. The van der Waals surface area contributed by atoms with Gasteiger partial charge in [-0.2, -0.15) is 0 Å². The van der Waals surface area contributed by atoms with E-state index >= 15 is 0 Å². The normalized spacial score (nSPS) is 12.1. The molecule has 0 radical (unpaired) electrons. The van der Waals surface area contributed by atoms with Gasteiger partial charge in [0.25, 0.3) is 0 Å². The fraction of sp³-hybridized carbons (Fsp3) is 0.167. The van der Waals surface area contributed by atoms with Gasteiger partial charge in [0, 0.05) is 32.7 Å². The van der Waals surface area contributed by atoms with Crippen molar-refractivity contribution in [3.63, 3.8) is 0 Å². The molecule has 0 unspecified atom stereocenters. The molecule has 10 rings (SSSR count). The summed E-state index contributed by atoms with van der Waals surface area (Å²) < 4.78 is 4.52. The maximum Gasteiger partial charge on any atom is 0.169 e. The van der Waals surface area contributed by atoms with Gasteiger partial charge in [-0.3, -0.25) is 8.80 Å². The average Bonchev–Trinajstić information content (AvgIpc) is 3.76. The Bertz CT molecular complexity index is 3030. The Morgan fingerprint density at radius 3 is 1.17 bits per heavy atom.